The summed E-state index contributed by atoms with van der Waals surface area (Å²) in [5.74, 6) is -0.463. The van der Waals surface area contributed by atoms with Crippen LogP contribution in [0.1, 0.15) is 5.56 Å². The molecule has 5 nitrogen and oxygen atoms in total. The van der Waals surface area contributed by atoms with Crippen LogP contribution in [0.3, 0.4) is 0 Å². The molecular formula is C11H17N3O2. The normalized spacial score (nSPS) is 10.1. The zero-order valence-corrected chi connectivity index (χ0v) is 9.32. The smallest absolute Gasteiger partial charge is 0.243 e. The Kier molecular flexibility index (Phi) is 4.60. The highest BCUT2D eigenvalue weighted by Crippen LogP contribution is 2.18. The third kappa shape index (κ3) is 4.18. The minimum absolute atomic E-state index is 0.0505. The molecular weight excluding hydrogens is 206 g/mol. The number of anilines is 2. The third-order valence-corrected chi connectivity index (χ3v) is 2.01. The van der Waals surface area contributed by atoms with E-state index in [-0.39, 0.29) is 6.61 Å². The summed E-state index contributed by atoms with van der Waals surface area (Å²) in [7, 11) is 0. The van der Waals surface area contributed by atoms with Gasteiger partial charge in [0.1, 0.15) is 6.61 Å². The fourth-order valence-electron chi connectivity index (χ4n) is 1.27. The van der Waals surface area contributed by atoms with Crippen LogP contribution in [0.2, 0.25) is 0 Å². The van der Waals surface area contributed by atoms with Gasteiger partial charge in [0.25, 0.3) is 0 Å². The maximum atomic E-state index is 10.4. The molecule has 1 rings (SSSR count). The Labute approximate surface area is 94.8 Å². The second-order valence-electron chi connectivity index (χ2n) is 3.54. The van der Waals surface area contributed by atoms with Gasteiger partial charge in [-0.3, -0.25) is 4.79 Å². The Bertz CT molecular complexity index is 366. The quantitative estimate of drug-likeness (QED) is 0.483. The molecule has 5 heteroatoms. The Morgan fingerprint density at radius 2 is 2.25 bits per heavy atom. The first-order valence-electron chi connectivity index (χ1n) is 5.05. The van der Waals surface area contributed by atoms with Gasteiger partial charge in [-0.1, -0.05) is 6.07 Å². The van der Waals surface area contributed by atoms with Gasteiger partial charge >= 0.3 is 0 Å². The number of nitrogen functional groups attached to an aromatic ring is 1. The minimum Gasteiger partial charge on any atom is -0.397 e. The summed E-state index contributed by atoms with van der Waals surface area (Å²) in [6.07, 6.45) is 0. The third-order valence-electron chi connectivity index (χ3n) is 2.01. The van der Waals surface area contributed by atoms with Crippen molar-refractivity contribution >= 4 is 17.3 Å². The summed E-state index contributed by atoms with van der Waals surface area (Å²) in [4.78, 5) is 10.4. The van der Waals surface area contributed by atoms with E-state index < -0.39 is 5.91 Å². The minimum atomic E-state index is -0.463. The van der Waals surface area contributed by atoms with Gasteiger partial charge in [0.2, 0.25) is 5.91 Å². The van der Waals surface area contributed by atoms with Crippen LogP contribution < -0.4 is 16.8 Å². The van der Waals surface area contributed by atoms with Crippen molar-refractivity contribution in [3.8, 4) is 0 Å². The molecule has 0 atom stereocenters. The molecule has 88 valence electrons. The summed E-state index contributed by atoms with van der Waals surface area (Å²) in [6, 6.07) is 5.79. The molecule has 0 aliphatic heterocycles. The predicted molar refractivity (Wildman–Crippen MR) is 64.1 cm³/mol. The van der Waals surface area contributed by atoms with Crippen LogP contribution >= 0.6 is 0 Å². The van der Waals surface area contributed by atoms with Crippen molar-refractivity contribution in [2.75, 3.05) is 30.8 Å². The first-order chi connectivity index (χ1) is 7.59. The maximum Gasteiger partial charge on any atom is 0.243 e. The number of ether oxygens (including phenoxy) is 1. The van der Waals surface area contributed by atoms with Crippen molar-refractivity contribution in [1.29, 1.82) is 0 Å². The largest absolute Gasteiger partial charge is 0.397 e. The Morgan fingerprint density at radius 1 is 1.50 bits per heavy atom. The van der Waals surface area contributed by atoms with Crippen molar-refractivity contribution in [2.45, 2.75) is 6.92 Å². The van der Waals surface area contributed by atoms with E-state index in [4.69, 9.17) is 16.2 Å². The number of nitrogens with two attached hydrogens (primary N) is 2. The molecule has 1 aromatic rings. The lowest BCUT2D eigenvalue weighted by molar-refractivity contribution is -0.122. The zero-order chi connectivity index (χ0) is 12.0. The van der Waals surface area contributed by atoms with Crippen molar-refractivity contribution in [2.24, 2.45) is 5.73 Å². The Hall–Kier alpha value is -1.75. The molecule has 0 aliphatic carbocycles. The highest BCUT2D eigenvalue weighted by Gasteiger charge is 1.98. The fraction of sp³-hybridized carbons (Fsp3) is 0.364. The first-order valence-corrected chi connectivity index (χ1v) is 5.05. The Morgan fingerprint density at radius 3 is 2.88 bits per heavy atom. The monoisotopic (exact) mass is 223 g/mol. The van der Waals surface area contributed by atoms with Gasteiger partial charge in [-0.2, -0.15) is 0 Å². The molecule has 0 aromatic heterocycles. The van der Waals surface area contributed by atoms with Crippen LogP contribution in [0.5, 0.6) is 0 Å². The molecule has 0 spiro atoms. The first kappa shape index (κ1) is 12.3. The van der Waals surface area contributed by atoms with E-state index in [0.717, 1.165) is 11.3 Å². The molecule has 0 saturated carbocycles. The van der Waals surface area contributed by atoms with Gasteiger partial charge in [-0.15, -0.1) is 0 Å². The van der Waals surface area contributed by atoms with E-state index in [1.807, 2.05) is 25.1 Å². The van der Waals surface area contributed by atoms with Gasteiger partial charge in [0, 0.05) is 6.54 Å². The second-order valence-corrected chi connectivity index (χ2v) is 3.54. The average Bonchev–Trinajstić information content (AvgIpc) is 2.20. The zero-order valence-electron chi connectivity index (χ0n) is 9.32. The molecule has 0 bridgehead atoms. The summed E-state index contributed by atoms with van der Waals surface area (Å²) < 4.78 is 5.00. The Balaban J connectivity index is 2.29. The molecule has 5 N–H and O–H groups in total. The predicted octanol–water partition coefficient (Wildman–Crippen LogP) is 0.491. The lowest BCUT2D eigenvalue weighted by Crippen LogP contribution is -2.20. The highest BCUT2D eigenvalue weighted by atomic mass is 16.5. The number of nitrogens with one attached hydrogen (secondary N) is 1. The molecule has 1 amide bonds. The van der Waals surface area contributed by atoms with E-state index in [9.17, 15) is 4.79 Å². The van der Waals surface area contributed by atoms with Gasteiger partial charge in [-0.25, -0.2) is 0 Å². The van der Waals surface area contributed by atoms with Gasteiger partial charge in [0.05, 0.1) is 18.0 Å². The van der Waals surface area contributed by atoms with Crippen LogP contribution in [-0.2, 0) is 9.53 Å². The second kappa shape index (κ2) is 5.97. The maximum absolute atomic E-state index is 10.4. The molecule has 0 saturated heterocycles. The van der Waals surface area contributed by atoms with Crippen LogP contribution in [0.15, 0.2) is 18.2 Å². The van der Waals surface area contributed by atoms with Crippen LogP contribution in [0.25, 0.3) is 0 Å². The van der Waals surface area contributed by atoms with E-state index in [1.54, 1.807) is 0 Å². The van der Waals surface area contributed by atoms with E-state index in [1.165, 1.54) is 0 Å². The number of primary amides is 1. The van der Waals surface area contributed by atoms with Crippen LogP contribution in [0.4, 0.5) is 11.4 Å². The van der Waals surface area contributed by atoms with Crippen LogP contribution in [0, 0.1) is 6.92 Å². The van der Waals surface area contributed by atoms with Crippen molar-refractivity contribution in [3.63, 3.8) is 0 Å². The summed E-state index contributed by atoms with van der Waals surface area (Å²) in [5.41, 5.74) is 13.4. The molecule has 0 aliphatic rings. The molecule has 0 radical (unpaired) electrons. The van der Waals surface area contributed by atoms with E-state index in [0.29, 0.717) is 18.8 Å². The number of hydrogen-bond donors (Lipinski definition) is 3. The molecule has 0 heterocycles. The standard InChI is InChI=1S/C11H17N3O2/c1-8-2-3-10(9(12)6-8)14-4-5-16-7-11(13)15/h2-3,6,14H,4-5,7,12H2,1H3,(H2,13,15). The number of amides is 1. The van der Waals surface area contributed by atoms with E-state index in [2.05, 4.69) is 5.32 Å². The number of hydrogen-bond acceptors (Lipinski definition) is 4. The molecule has 0 unspecified atom stereocenters. The van der Waals surface area contributed by atoms with Crippen molar-refractivity contribution < 1.29 is 9.53 Å². The fourth-order valence-corrected chi connectivity index (χ4v) is 1.27. The van der Waals surface area contributed by atoms with Crippen molar-refractivity contribution in [1.82, 2.24) is 0 Å². The lowest BCUT2D eigenvalue weighted by Gasteiger charge is -2.09. The van der Waals surface area contributed by atoms with E-state index >= 15 is 0 Å². The van der Waals surface area contributed by atoms with Gasteiger partial charge < -0.3 is 21.5 Å². The summed E-state index contributed by atoms with van der Waals surface area (Å²) in [5, 5.41) is 3.11. The number of benzene rings is 1. The molecule has 1 aromatic carbocycles. The molecule has 16 heavy (non-hydrogen) atoms. The van der Waals surface area contributed by atoms with Gasteiger partial charge in [0.15, 0.2) is 0 Å². The lowest BCUT2D eigenvalue weighted by atomic mass is 10.2. The number of aryl methyl sites for hydroxylation is 1. The van der Waals surface area contributed by atoms with Crippen molar-refractivity contribution in [3.05, 3.63) is 23.8 Å². The summed E-state index contributed by atoms with van der Waals surface area (Å²) >= 11 is 0. The highest BCUT2D eigenvalue weighted by molar-refractivity contribution is 5.75. The summed E-state index contributed by atoms with van der Waals surface area (Å²) in [6.45, 7) is 2.93. The number of carbonyl (C=O) groups excluding carboxylic acids is 1. The average molecular weight is 223 g/mol. The SMILES string of the molecule is Cc1ccc(NCCOCC(N)=O)c(N)c1. The molecule has 0 fully saturated rings. The number of carbonyl (C=O) groups is 1. The topological polar surface area (TPSA) is 90.4 Å². The number of rotatable bonds is 6. The van der Waals surface area contributed by atoms with Crippen LogP contribution in [-0.4, -0.2) is 25.7 Å². The van der Waals surface area contributed by atoms with Gasteiger partial charge in [-0.05, 0) is 24.6 Å².